The number of esters is 1. The second-order valence-corrected chi connectivity index (χ2v) is 7.23. The number of carbonyl (C=O) groups excluding carboxylic acids is 4. The fourth-order valence-electron chi connectivity index (χ4n) is 3.97. The molecule has 29 heavy (non-hydrogen) atoms. The largest absolute Gasteiger partial charge is 0.493 e. The number of ether oxygens (including phenoxy) is 3. The molecule has 8 nitrogen and oxygen atoms in total. The van der Waals surface area contributed by atoms with Gasteiger partial charge in [-0.3, -0.25) is 24.1 Å². The summed E-state index contributed by atoms with van der Waals surface area (Å²) in [6, 6.07) is 4.66. The molecule has 0 bridgehead atoms. The first-order valence-electron chi connectivity index (χ1n) is 9.72. The summed E-state index contributed by atoms with van der Waals surface area (Å²) < 4.78 is 15.3. The van der Waals surface area contributed by atoms with Gasteiger partial charge in [0.2, 0.25) is 11.8 Å². The summed E-state index contributed by atoms with van der Waals surface area (Å²) in [5.74, 6) is -0.979. The molecule has 8 heteroatoms. The number of imide groups is 1. The molecule has 0 unspecified atom stereocenters. The number of rotatable bonds is 8. The van der Waals surface area contributed by atoms with Crippen LogP contribution in [0.3, 0.4) is 0 Å². The SMILES string of the molecule is COc1ccc(C(=O)COC(=O)CCN2C(=O)[C@H]3CCCC[C@H]3C2=O)cc1OC. The molecule has 156 valence electrons. The molecule has 1 aromatic carbocycles. The van der Waals surface area contributed by atoms with Crippen LogP contribution in [0.15, 0.2) is 18.2 Å². The van der Waals surface area contributed by atoms with Crippen LogP contribution in [0.1, 0.15) is 42.5 Å². The van der Waals surface area contributed by atoms with E-state index in [9.17, 15) is 19.2 Å². The highest BCUT2D eigenvalue weighted by atomic mass is 16.5. The standard InChI is InChI=1S/C21H25NO7/c1-27-17-8-7-13(11-18(17)28-2)16(23)12-29-19(24)9-10-22-20(25)14-5-3-4-6-15(14)21(22)26/h7-8,11,14-15H,3-6,9-10,12H2,1-2H3/t14-,15+. The quantitative estimate of drug-likeness (QED) is 0.372. The summed E-state index contributed by atoms with van der Waals surface area (Å²) in [7, 11) is 2.95. The normalized spacial score (nSPS) is 21.0. The van der Waals surface area contributed by atoms with Crippen LogP contribution < -0.4 is 9.47 Å². The third kappa shape index (κ3) is 4.41. The highest BCUT2D eigenvalue weighted by Gasteiger charge is 2.47. The molecular formula is C21H25NO7. The lowest BCUT2D eigenvalue weighted by atomic mass is 9.81. The van der Waals surface area contributed by atoms with Crippen molar-refractivity contribution >= 4 is 23.6 Å². The Morgan fingerprint density at radius 2 is 1.62 bits per heavy atom. The number of hydrogen-bond acceptors (Lipinski definition) is 7. The lowest BCUT2D eigenvalue weighted by Gasteiger charge is -2.19. The second-order valence-electron chi connectivity index (χ2n) is 7.23. The van der Waals surface area contributed by atoms with E-state index in [1.807, 2.05) is 0 Å². The van der Waals surface area contributed by atoms with Crippen molar-refractivity contribution in [3.05, 3.63) is 23.8 Å². The van der Waals surface area contributed by atoms with Crippen molar-refractivity contribution in [2.24, 2.45) is 11.8 Å². The fraction of sp³-hybridized carbons (Fsp3) is 0.524. The Kier molecular flexibility index (Phi) is 6.51. The predicted molar refractivity (Wildman–Crippen MR) is 102 cm³/mol. The number of nitrogens with zero attached hydrogens (tertiary/aromatic N) is 1. The van der Waals surface area contributed by atoms with E-state index in [1.54, 1.807) is 12.1 Å². The number of hydrogen-bond donors (Lipinski definition) is 0. The second kappa shape index (κ2) is 9.07. The molecule has 0 spiro atoms. The smallest absolute Gasteiger partial charge is 0.308 e. The van der Waals surface area contributed by atoms with E-state index in [0.29, 0.717) is 17.1 Å². The van der Waals surface area contributed by atoms with Crippen LogP contribution >= 0.6 is 0 Å². The highest BCUT2D eigenvalue weighted by Crippen LogP contribution is 2.38. The monoisotopic (exact) mass is 403 g/mol. The van der Waals surface area contributed by atoms with Gasteiger partial charge in [0, 0.05) is 12.1 Å². The van der Waals surface area contributed by atoms with E-state index in [1.165, 1.54) is 25.2 Å². The van der Waals surface area contributed by atoms with Gasteiger partial charge in [-0.05, 0) is 31.0 Å². The Bertz CT molecular complexity index is 795. The molecule has 0 aromatic heterocycles. The zero-order chi connectivity index (χ0) is 21.0. The van der Waals surface area contributed by atoms with Gasteiger partial charge in [-0.1, -0.05) is 12.8 Å². The van der Waals surface area contributed by atoms with Crippen LogP contribution in [0.25, 0.3) is 0 Å². The van der Waals surface area contributed by atoms with Crippen LogP contribution in [0.5, 0.6) is 11.5 Å². The Labute approximate surface area is 169 Å². The molecule has 0 radical (unpaired) electrons. The van der Waals surface area contributed by atoms with Crippen molar-refractivity contribution in [1.29, 1.82) is 0 Å². The topological polar surface area (TPSA) is 99.2 Å². The minimum absolute atomic E-state index is 0.00590. The first kappa shape index (κ1) is 20.8. The van der Waals surface area contributed by atoms with Crippen LogP contribution in [0.4, 0.5) is 0 Å². The molecule has 3 rings (SSSR count). The van der Waals surface area contributed by atoms with E-state index in [-0.39, 0.29) is 36.6 Å². The van der Waals surface area contributed by atoms with Gasteiger partial charge in [0.25, 0.3) is 0 Å². The van der Waals surface area contributed by atoms with Crippen LogP contribution in [-0.2, 0) is 19.1 Å². The van der Waals surface area contributed by atoms with Crippen molar-refractivity contribution in [1.82, 2.24) is 4.90 Å². The first-order valence-corrected chi connectivity index (χ1v) is 9.72. The number of methoxy groups -OCH3 is 2. The van der Waals surface area contributed by atoms with Crippen LogP contribution in [-0.4, -0.2) is 55.8 Å². The van der Waals surface area contributed by atoms with Crippen molar-refractivity contribution in [3.8, 4) is 11.5 Å². The molecule has 1 saturated carbocycles. The van der Waals surface area contributed by atoms with Gasteiger partial charge in [0.05, 0.1) is 32.5 Å². The lowest BCUT2D eigenvalue weighted by Crippen LogP contribution is -2.33. The molecule has 1 saturated heterocycles. The molecule has 0 N–H and O–H groups in total. The Morgan fingerprint density at radius 1 is 1.00 bits per heavy atom. The molecule has 2 fully saturated rings. The molecule has 2 amide bonds. The Balaban J connectivity index is 1.49. The minimum atomic E-state index is -0.630. The first-order chi connectivity index (χ1) is 14.0. The molecular weight excluding hydrogens is 378 g/mol. The third-order valence-electron chi connectivity index (χ3n) is 5.54. The van der Waals surface area contributed by atoms with Crippen molar-refractivity contribution in [2.45, 2.75) is 32.1 Å². The fourth-order valence-corrected chi connectivity index (χ4v) is 3.97. The zero-order valence-corrected chi connectivity index (χ0v) is 16.6. The van der Waals surface area contributed by atoms with Gasteiger partial charge >= 0.3 is 5.97 Å². The molecule has 1 heterocycles. The number of carbonyl (C=O) groups is 4. The maximum absolute atomic E-state index is 12.4. The van der Waals surface area contributed by atoms with Gasteiger partial charge in [-0.15, -0.1) is 0 Å². The maximum atomic E-state index is 12.4. The van der Waals surface area contributed by atoms with E-state index in [4.69, 9.17) is 14.2 Å². The van der Waals surface area contributed by atoms with Gasteiger partial charge in [0.1, 0.15) is 0 Å². The minimum Gasteiger partial charge on any atom is -0.493 e. The zero-order valence-electron chi connectivity index (χ0n) is 16.6. The van der Waals surface area contributed by atoms with Crippen LogP contribution in [0.2, 0.25) is 0 Å². The molecule has 1 aliphatic heterocycles. The van der Waals surface area contributed by atoms with E-state index in [2.05, 4.69) is 0 Å². The maximum Gasteiger partial charge on any atom is 0.308 e. The number of fused-ring (bicyclic) bond motifs is 1. The number of Topliss-reactive ketones (excluding diaryl/α,β-unsaturated/α-hetero) is 1. The lowest BCUT2D eigenvalue weighted by molar-refractivity contribution is -0.145. The Hall–Kier alpha value is -2.90. The number of benzene rings is 1. The van der Waals surface area contributed by atoms with E-state index >= 15 is 0 Å². The molecule has 1 aromatic rings. The molecule has 2 atom stereocenters. The van der Waals surface area contributed by atoms with Crippen LogP contribution in [0, 0.1) is 11.8 Å². The predicted octanol–water partition coefficient (Wildman–Crippen LogP) is 1.99. The third-order valence-corrected chi connectivity index (χ3v) is 5.54. The summed E-state index contributed by atoms with van der Waals surface area (Å²) in [5.41, 5.74) is 0.324. The van der Waals surface area contributed by atoms with Crippen molar-refractivity contribution < 1.29 is 33.4 Å². The average molecular weight is 403 g/mol. The van der Waals surface area contributed by atoms with Crippen molar-refractivity contribution in [3.63, 3.8) is 0 Å². The van der Waals surface area contributed by atoms with Gasteiger partial charge < -0.3 is 14.2 Å². The Morgan fingerprint density at radius 3 is 2.21 bits per heavy atom. The van der Waals surface area contributed by atoms with E-state index < -0.39 is 18.4 Å². The summed E-state index contributed by atoms with van der Waals surface area (Å²) in [6.45, 7) is -0.435. The summed E-state index contributed by atoms with van der Waals surface area (Å²) in [4.78, 5) is 50.3. The molecule has 1 aliphatic carbocycles. The van der Waals surface area contributed by atoms with Gasteiger partial charge in [-0.25, -0.2) is 0 Å². The van der Waals surface area contributed by atoms with E-state index in [0.717, 1.165) is 25.7 Å². The number of ketones is 1. The summed E-state index contributed by atoms with van der Waals surface area (Å²) in [5, 5.41) is 0. The average Bonchev–Trinajstić information content (AvgIpc) is 3.00. The molecule has 2 aliphatic rings. The number of amides is 2. The van der Waals surface area contributed by atoms with Gasteiger partial charge in [0.15, 0.2) is 23.9 Å². The number of likely N-dealkylation sites (tertiary alicyclic amines) is 1. The van der Waals surface area contributed by atoms with Crippen molar-refractivity contribution in [2.75, 3.05) is 27.4 Å². The highest BCUT2D eigenvalue weighted by molar-refractivity contribution is 6.05. The van der Waals surface area contributed by atoms with Gasteiger partial charge in [-0.2, -0.15) is 0 Å². The summed E-state index contributed by atoms with van der Waals surface area (Å²) in [6.07, 6.45) is 3.24. The summed E-state index contributed by atoms with van der Waals surface area (Å²) >= 11 is 0.